The Balaban J connectivity index is 2.07. The second kappa shape index (κ2) is 5.44. The third kappa shape index (κ3) is 3.48. The molecule has 19 heavy (non-hydrogen) atoms. The van der Waals surface area contributed by atoms with Gasteiger partial charge in [0.15, 0.2) is 0 Å². The third-order valence-corrected chi connectivity index (χ3v) is 2.63. The Morgan fingerprint density at radius 2 is 1.63 bits per heavy atom. The van der Waals surface area contributed by atoms with Gasteiger partial charge in [-0.05, 0) is 49.2 Å². The lowest BCUT2D eigenvalue weighted by Crippen LogP contribution is -2.19. The Labute approximate surface area is 112 Å². The molecule has 4 heteroatoms. The molecule has 0 heterocycles. The molecule has 0 aliphatic carbocycles. The van der Waals surface area contributed by atoms with Gasteiger partial charge >= 0.3 is 6.03 Å². The molecule has 0 saturated heterocycles. The molecule has 0 bridgehead atoms. The normalized spacial score (nSPS) is 10.0. The van der Waals surface area contributed by atoms with Gasteiger partial charge in [-0.15, -0.1) is 0 Å². The minimum Gasteiger partial charge on any atom is -0.506 e. The van der Waals surface area contributed by atoms with Crippen molar-refractivity contribution >= 4 is 17.4 Å². The van der Waals surface area contributed by atoms with E-state index in [2.05, 4.69) is 10.6 Å². The number of phenols is 1. The van der Waals surface area contributed by atoms with Gasteiger partial charge in [0.2, 0.25) is 0 Å². The van der Waals surface area contributed by atoms with Crippen molar-refractivity contribution in [3.63, 3.8) is 0 Å². The molecule has 0 atom stereocenters. The number of aryl methyl sites for hydroxylation is 2. The maximum Gasteiger partial charge on any atom is 0.323 e. The van der Waals surface area contributed by atoms with E-state index in [1.54, 1.807) is 18.2 Å². The number of phenolic OH excluding ortho intramolecular Hbond substituents is 1. The van der Waals surface area contributed by atoms with Gasteiger partial charge in [-0.2, -0.15) is 0 Å². The van der Waals surface area contributed by atoms with Crippen LogP contribution in [0.1, 0.15) is 11.1 Å². The van der Waals surface area contributed by atoms with Crippen molar-refractivity contribution in [2.24, 2.45) is 0 Å². The molecule has 0 fully saturated rings. The molecule has 0 aromatic heterocycles. The molecule has 4 nitrogen and oxygen atoms in total. The monoisotopic (exact) mass is 256 g/mol. The molecule has 2 aromatic carbocycles. The fraction of sp³-hybridized carbons (Fsp3) is 0.133. The quantitative estimate of drug-likeness (QED) is 0.718. The summed E-state index contributed by atoms with van der Waals surface area (Å²) in [5.41, 5.74) is 3.27. The summed E-state index contributed by atoms with van der Waals surface area (Å²) in [6, 6.07) is 12.0. The molecule has 0 unspecified atom stereocenters. The van der Waals surface area contributed by atoms with Gasteiger partial charge in [-0.25, -0.2) is 4.79 Å². The second-order valence-electron chi connectivity index (χ2n) is 4.47. The predicted molar refractivity (Wildman–Crippen MR) is 76.7 cm³/mol. The van der Waals surface area contributed by atoms with Crippen molar-refractivity contribution in [2.75, 3.05) is 10.6 Å². The zero-order valence-corrected chi connectivity index (χ0v) is 10.9. The number of para-hydroxylation sites is 2. The standard InChI is InChI=1S/C15H16N2O2/c1-10-7-11(2)9-12(8-10)16-15(19)17-13-5-3-4-6-14(13)18/h3-9,18H,1-2H3,(H2,16,17,19). The second-order valence-corrected chi connectivity index (χ2v) is 4.47. The van der Waals surface area contributed by atoms with Crippen LogP contribution in [0, 0.1) is 13.8 Å². The van der Waals surface area contributed by atoms with Crippen LogP contribution in [0.5, 0.6) is 5.75 Å². The molecule has 2 aromatic rings. The highest BCUT2D eigenvalue weighted by molar-refractivity contribution is 6.00. The number of hydrogen-bond donors (Lipinski definition) is 3. The first kappa shape index (κ1) is 13.0. The number of nitrogens with one attached hydrogen (secondary N) is 2. The lowest BCUT2D eigenvalue weighted by Gasteiger charge is -2.10. The molecule has 98 valence electrons. The van der Waals surface area contributed by atoms with Gasteiger partial charge in [0.05, 0.1) is 5.69 Å². The number of rotatable bonds is 2. The van der Waals surface area contributed by atoms with E-state index in [0.717, 1.165) is 16.8 Å². The summed E-state index contributed by atoms with van der Waals surface area (Å²) in [4.78, 5) is 11.8. The van der Waals surface area contributed by atoms with Crippen LogP contribution in [0.3, 0.4) is 0 Å². The number of hydrogen-bond acceptors (Lipinski definition) is 2. The largest absolute Gasteiger partial charge is 0.506 e. The zero-order valence-electron chi connectivity index (χ0n) is 10.9. The van der Waals surface area contributed by atoms with Crippen LogP contribution in [0.15, 0.2) is 42.5 Å². The summed E-state index contributed by atoms with van der Waals surface area (Å²) < 4.78 is 0. The zero-order chi connectivity index (χ0) is 13.8. The van der Waals surface area contributed by atoms with Crippen LogP contribution in [-0.2, 0) is 0 Å². The lowest BCUT2D eigenvalue weighted by atomic mass is 10.1. The first-order valence-electron chi connectivity index (χ1n) is 5.99. The Bertz CT molecular complexity index is 589. The highest BCUT2D eigenvalue weighted by atomic mass is 16.3. The van der Waals surface area contributed by atoms with E-state index in [-0.39, 0.29) is 11.8 Å². The highest BCUT2D eigenvalue weighted by Gasteiger charge is 2.06. The average Bonchev–Trinajstić information content (AvgIpc) is 2.30. The van der Waals surface area contributed by atoms with Crippen molar-refractivity contribution in [1.82, 2.24) is 0 Å². The van der Waals surface area contributed by atoms with Gasteiger partial charge in [0.25, 0.3) is 0 Å². The van der Waals surface area contributed by atoms with E-state index >= 15 is 0 Å². The minimum absolute atomic E-state index is 0.0399. The first-order chi connectivity index (χ1) is 9.04. The number of anilines is 2. The molecule has 0 radical (unpaired) electrons. The maximum atomic E-state index is 11.8. The molecule has 2 amide bonds. The number of urea groups is 1. The fourth-order valence-electron chi connectivity index (χ4n) is 1.91. The van der Waals surface area contributed by atoms with Crippen LogP contribution in [0.4, 0.5) is 16.2 Å². The third-order valence-electron chi connectivity index (χ3n) is 2.63. The van der Waals surface area contributed by atoms with Crippen LogP contribution in [0.25, 0.3) is 0 Å². The molecule has 3 N–H and O–H groups in total. The van der Waals surface area contributed by atoms with Crippen molar-refractivity contribution in [3.8, 4) is 5.75 Å². The Hall–Kier alpha value is -2.49. The molecule has 0 aliphatic heterocycles. The summed E-state index contributed by atoms with van der Waals surface area (Å²) in [5, 5.41) is 14.9. The molecule has 0 saturated carbocycles. The van der Waals surface area contributed by atoms with Gasteiger partial charge in [-0.3, -0.25) is 0 Å². The maximum absolute atomic E-state index is 11.8. The van der Waals surface area contributed by atoms with E-state index in [4.69, 9.17) is 0 Å². The van der Waals surface area contributed by atoms with Crippen molar-refractivity contribution < 1.29 is 9.90 Å². The van der Waals surface area contributed by atoms with Crippen LogP contribution < -0.4 is 10.6 Å². The van der Waals surface area contributed by atoms with E-state index in [9.17, 15) is 9.90 Å². The van der Waals surface area contributed by atoms with E-state index < -0.39 is 0 Å². The van der Waals surface area contributed by atoms with Gasteiger partial charge in [0, 0.05) is 5.69 Å². The minimum atomic E-state index is -0.383. The van der Waals surface area contributed by atoms with Crippen molar-refractivity contribution in [3.05, 3.63) is 53.6 Å². The number of carbonyl (C=O) groups excluding carboxylic acids is 1. The summed E-state index contributed by atoms with van der Waals surface area (Å²) in [5.74, 6) is 0.0399. The van der Waals surface area contributed by atoms with Crippen molar-refractivity contribution in [1.29, 1.82) is 0 Å². The summed E-state index contributed by atoms with van der Waals surface area (Å²) >= 11 is 0. The fourth-order valence-corrected chi connectivity index (χ4v) is 1.91. The Morgan fingerprint density at radius 1 is 1.00 bits per heavy atom. The van der Waals surface area contributed by atoms with E-state index in [0.29, 0.717) is 5.69 Å². The smallest absolute Gasteiger partial charge is 0.323 e. The summed E-state index contributed by atoms with van der Waals surface area (Å²) in [6.07, 6.45) is 0. The van der Waals surface area contributed by atoms with Crippen LogP contribution in [0.2, 0.25) is 0 Å². The van der Waals surface area contributed by atoms with Gasteiger partial charge in [-0.1, -0.05) is 18.2 Å². The molecule has 0 spiro atoms. The molecule has 2 rings (SSSR count). The number of aromatic hydroxyl groups is 1. The van der Waals surface area contributed by atoms with Crippen molar-refractivity contribution in [2.45, 2.75) is 13.8 Å². The highest BCUT2D eigenvalue weighted by Crippen LogP contribution is 2.22. The topological polar surface area (TPSA) is 61.4 Å². The van der Waals surface area contributed by atoms with E-state index in [1.165, 1.54) is 6.07 Å². The van der Waals surface area contributed by atoms with Gasteiger partial charge in [0.1, 0.15) is 5.75 Å². The Kier molecular flexibility index (Phi) is 3.71. The number of carbonyl (C=O) groups is 1. The van der Waals surface area contributed by atoms with Gasteiger partial charge < -0.3 is 15.7 Å². The average molecular weight is 256 g/mol. The van der Waals surface area contributed by atoms with Crippen LogP contribution >= 0.6 is 0 Å². The van der Waals surface area contributed by atoms with E-state index in [1.807, 2.05) is 32.0 Å². The first-order valence-corrected chi connectivity index (χ1v) is 5.99. The Morgan fingerprint density at radius 3 is 2.26 bits per heavy atom. The molecular weight excluding hydrogens is 240 g/mol. The predicted octanol–water partition coefficient (Wildman–Crippen LogP) is 3.65. The molecule has 0 aliphatic rings. The summed E-state index contributed by atoms with van der Waals surface area (Å²) in [6.45, 7) is 3.94. The number of amides is 2. The molecular formula is C15H16N2O2. The summed E-state index contributed by atoms with van der Waals surface area (Å²) in [7, 11) is 0. The SMILES string of the molecule is Cc1cc(C)cc(NC(=O)Nc2ccccc2O)c1. The number of benzene rings is 2. The lowest BCUT2D eigenvalue weighted by molar-refractivity contribution is 0.262. The van der Waals surface area contributed by atoms with Crippen LogP contribution in [-0.4, -0.2) is 11.1 Å².